The van der Waals surface area contributed by atoms with E-state index in [1.54, 1.807) is 43.3 Å². The van der Waals surface area contributed by atoms with Gasteiger partial charge in [0.1, 0.15) is 6.04 Å². The first-order chi connectivity index (χ1) is 11.9. The first-order valence-electron chi connectivity index (χ1n) is 8.37. The minimum absolute atomic E-state index is 0.0304. The van der Waals surface area contributed by atoms with Crippen LogP contribution in [-0.2, 0) is 9.59 Å². The highest BCUT2D eigenvalue weighted by Crippen LogP contribution is 2.24. The number of imide groups is 1. The zero-order chi connectivity index (χ0) is 18.1. The molecule has 0 aromatic heterocycles. The van der Waals surface area contributed by atoms with Crippen molar-refractivity contribution in [3.05, 3.63) is 35.4 Å². The van der Waals surface area contributed by atoms with Crippen LogP contribution in [-0.4, -0.2) is 71.6 Å². The molecule has 1 aromatic carbocycles. The number of fused-ring (bicyclic) bond motifs is 1. The maximum Gasteiger partial charge on any atom is 0.261 e. The van der Waals surface area contributed by atoms with Gasteiger partial charge in [-0.3, -0.25) is 24.1 Å². The van der Waals surface area contributed by atoms with E-state index in [9.17, 15) is 19.2 Å². The molecular weight excluding hydrogens is 322 g/mol. The lowest BCUT2D eigenvalue weighted by atomic mass is 10.1. The molecule has 0 N–H and O–H groups in total. The van der Waals surface area contributed by atoms with Crippen LogP contribution >= 0.6 is 0 Å². The fourth-order valence-corrected chi connectivity index (χ4v) is 3.41. The van der Waals surface area contributed by atoms with Crippen LogP contribution in [0.4, 0.5) is 0 Å². The van der Waals surface area contributed by atoms with Gasteiger partial charge in [-0.25, -0.2) is 0 Å². The Bertz CT molecular complexity index is 709. The van der Waals surface area contributed by atoms with Crippen molar-refractivity contribution < 1.29 is 19.2 Å². The minimum atomic E-state index is -0.440. The summed E-state index contributed by atoms with van der Waals surface area (Å²) >= 11 is 0. The Morgan fingerprint density at radius 3 is 2.28 bits per heavy atom. The van der Waals surface area contributed by atoms with Crippen molar-refractivity contribution in [2.24, 2.45) is 0 Å². The number of hydrogen-bond acceptors (Lipinski definition) is 4. The number of carbonyl (C=O) groups is 4. The molecule has 3 rings (SSSR count). The first-order valence-corrected chi connectivity index (χ1v) is 8.37. The lowest BCUT2D eigenvalue weighted by Gasteiger charge is -2.26. The number of carbonyl (C=O) groups excluding carboxylic acids is 4. The van der Waals surface area contributed by atoms with E-state index in [0.717, 1.165) is 11.3 Å². The van der Waals surface area contributed by atoms with Gasteiger partial charge in [0.25, 0.3) is 11.8 Å². The fraction of sp³-hybridized carbons (Fsp3) is 0.444. The van der Waals surface area contributed by atoms with Crippen LogP contribution in [0, 0.1) is 0 Å². The van der Waals surface area contributed by atoms with Gasteiger partial charge in [-0.05, 0) is 25.0 Å². The van der Waals surface area contributed by atoms with Crippen molar-refractivity contribution in [1.29, 1.82) is 0 Å². The van der Waals surface area contributed by atoms with E-state index in [2.05, 4.69) is 0 Å². The number of nitrogens with zero attached hydrogens (tertiary/aromatic N) is 3. The van der Waals surface area contributed by atoms with E-state index < -0.39 is 6.04 Å². The third-order valence-corrected chi connectivity index (χ3v) is 4.73. The predicted molar refractivity (Wildman–Crippen MR) is 89.9 cm³/mol. The summed E-state index contributed by atoms with van der Waals surface area (Å²) in [5.74, 6) is -1.02. The summed E-state index contributed by atoms with van der Waals surface area (Å²) in [6, 6.07) is 6.21. The molecule has 2 aliphatic rings. The van der Waals surface area contributed by atoms with E-state index in [1.807, 2.05) is 0 Å². The van der Waals surface area contributed by atoms with E-state index in [-0.39, 0.29) is 36.6 Å². The molecule has 0 spiro atoms. The zero-order valence-corrected chi connectivity index (χ0v) is 14.4. The third kappa shape index (κ3) is 3.01. The van der Waals surface area contributed by atoms with Crippen LogP contribution in [0.1, 0.15) is 40.0 Å². The molecule has 7 nitrogen and oxygen atoms in total. The Labute approximate surface area is 146 Å². The summed E-state index contributed by atoms with van der Waals surface area (Å²) in [7, 11) is 3.34. The van der Waals surface area contributed by atoms with Gasteiger partial charge in [0.05, 0.1) is 11.1 Å². The Kier molecular flexibility index (Phi) is 4.57. The van der Waals surface area contributed by atoms with Crippen molar-refractivity contribution in [3.8, 4) is 0 Å². The number of benzene rings is 1. The molecule has 2 heterocycles. The molecule has 4 amide bonds. The van der Waals surface area contributed by atoms with Crippen LogP contribution < -0.4 is 0 Å². The van der Waals surface area contributed by atoms with Gasteiger partial charge >= 0.3 is 0 Å². The molecular formula is C18H21N3O4. The molecule has 1 atom stereocenters. The Morgan fingerprint density at radius 2 is 1.72 bits per heavy atom. The van der Waals surface area contributed by atoms with E-state index in [1.165, 1.54) is 4.90 Å². The van der Waals surface area contributed by atoms with Crippen molar-refractivity contribution in [2.45, 2.75) is 25.3 Å². The summed E-state index contributed by atoms with van der Waals surface area (Å²) in [6.45, 7) is 0.565. The lowest BCUT2D eigenvalue weighted by Crippen LogP contribution is -2.46. The smallest absolute Gasteiger partial charge is 0.261 e. The molecule has 0 saturated carbocycles. The van der Waals surface area contributed by atoms with Crippen molar-refractivity contribution >= 4 is 23.6 Å². The van der Waals surface area contributed by atoms with Gasteiger partial charge in [0.2, 0.25) is 11.8 Å². The molecule has 1 unspecified atom stereocenters. The largest absolute Gasteiger partial charge is 0.347 e. The van der Waals surface area contributed by atoms with Gasteiger partial charge in [-0.15, -0.1) is 0 Å². The molecule has 1 aromatic rings. The molecule has 0 bridgehead atoms. The van der Waals surface area contributed by atoms with Crippen LogP contribution in [0.3, 0.4) is 0 Å². The summed E-state index contributed by atoms with van der Waals surface area (Å²) < 4.78 is 0. The van der Waals surface area contributed by atoms with Gasteiger partial charge < -0.3 is 9.80 Å². The summed E-state index contributed by atoms with van der Waals surface area (Å²) in [4.78, 5) is 53.5. The second kappa shape index (κ2) is 6.66. The van der Waals surface area contributed by atoms with Crippen molar-refractivity contribution in [3.63, 3.8) is 0 Å². The maximum absolute atomic E-state index is 12.5. The van der Waals surface area contributed by atoms with E-state index in [4.69, 9.17) is 0 Å². The van der Waals surface area contributed by atoms with Crippen molar-refractivity contribution in [2.75, 3.05) is 27.2 Å². The van der Waals surface area contributed by atoms with Gasteiger partial charge in [-0.1, -0.05) is 12.1 Å². The van der Waals surface area contributed by atoms with E-state index >= 15 is 0 Å². The molecule has 2 aliphatic heterocycles. The second-order valence-corrected chi connectivity index (χ2v) is 6.54. The van der Waals surface area contributed by atoms with Gasteiger partial charge in [0, 0.05) is 33.6 Å². The molecule has 0 aliphatic carbocycles. The highest BCUT2D eigenvalue weighted by Gasteiger charge is 2.37. The molecule has 1 saturated heterocycles. The monoisotopic (exact) mass is 343 g/mol. The first kappa shape index (κ1) is 17.1. The van der Waals surface area contributed by atoms with Crippen LogP contribution in [0.15, 0.2) is 24.3 Å². The third-order valence-electron chi connectivity index (χ3n) is 4.73. The summed E-state index contributed by atoms with van der Waals surface area (Å²) in [5.41, 5.74) is 0.753. The van der Waals surface area contributed by atoms with Gasteiger partial charge in [-0.2, -0.15) is 0 Å². The normalized spacial score (nSPS) is 19.4. The van der Waals surface area contributed by atoms with Crippen LogP contribution in [0.25, 0.3) is 0 Å². The quantitative estimate of drug-likeness (QED) is 0.756. The molecule has 132 valence electrons. The van der Waals surface area contributed by atoms with Crippen LogP contribution in [0.5, 0.6) is 0 Å². The zero-order valence-electron chi connectivity index (χ0n) is 14.4. The maximum atomic E-state index is 12.5. The molecule has 1 fully saturated rings. The fourth-order valence-electron chi connectivity index (χ4n) is 3.41. The summed E-state index contributed by atoms with van der Waals surface area (Å²) in [5, 5.41) is 0. The number of hydrogen-bond donors (Lipinski definition) is 0. The second-order valence-electron chi connectivity index (χ2n) is 6.54. The molecule has 25 heavy (non-hydrogen) atoms. The lowest BCUT2D eigenvalue weighted by molar-refractivity contribution is -0.142. The molecule has 0 radical (unpaired) electrons. The van der Waals surface area contributed by atoms with E-state index in [0.29, 0.717) is 24.1 Å². The standard InChI is InChI=1S/C18H21N3O4/c1-19(2)18(25)14-8-5-10-20(14)15(22)9-11-21-16(23)12-6-3-4-7-13(12)17(21)24/h3-4,6-7,14H,5,8-11H2,1-2H3. The average Bonchev–Trinajstić information content (AvgIpc) is 3.17. The number of amides is 4. The highest BCUT2D eigenvalue weighted by atomic mass is 16.2. The number of rotatable bonds is 4. The Balaban J connectivity index is 1.64. The average molecular weight is 343 g/mol. The number of likely N-dealkylation sites (N-methyl/N-ethyl adjacent to an activating group) is 1. The topological polar surface area (TPSA) is 78.0 Å². The van der Waals surface area contributed by atoms with Crippen molar-refractivity contribution in [1.82, 2.24) is 14.7 Å². The SMILES string of the molecule is CN(C)C(=O)C1CCCN1C(=O)CCN1C(=O)c2ccccc2C1=O. The number of likely N-dealkylation sites (tertiary alicyclic amines) is 1. The molecule has 7 heteroatoms. The Morgan fingerprint density at radius 1 is 1.12 bits per heavy atom. The van der Waals surface area contributed by atoms with Gasteiger partial charge in [0.15, 0.2) is 0 Å². The van der Waals surface area contributed by atoms with Crippen LogP contribution in [0.2, 0.25) is 0 Å². The highest BCUT2D eigenvalue weighted by molar-refractivity contribution is 6.21. The summed E-state index contributed by atoms with van der Waals surface area (Å²) in [6.07, 6.45) is 1.46. The minimum Gasteiger partial charge on any atom is -0.347 e. The predicted octanol–water partition coefficient (Wildman–Crippen LogP) is 0.752. The Hall–Kier alpha value is -2.70.